The Morgan fingerprint density at radius 2 is 1.90 bits per heavy atom. The molecule has 3 rings (SSSR count). The van der Waals surface area contributed by atoms with E-state index in [9.17, 15) is 4.79 Å². The van der Waals surface area contributed by atoms with E-state index < -0.39 is 0 Å². The smallest absolute Gasteiger partial charge is 0.253 e. The fraction of sp³-hybridized carbons (Fsp3) is 0.235. The lowest BCUT2D eigenvalue weighted by Gasteiger charge is -2.10. The van der Waals surface area contributed by atoms with E-state index in [1.807, 2.05) is 24.3 Å². The first-order chi connectivity index (χ1) is 10.2. The molecule has 0 atom stereocenters. The molecule has 2 N–H and O–H groups in total. The van der Waals surface area contributed by atoms with Crippen molar-refractivity contribution >= 4 is 23.2 Å². The van der Waals surface area contributed by atoms with Crippen LogP contribution in [0.4, 0.5) is 5.69 Å². The minimum atomic E-state index is -0.0860. The molecule has 0 spiro atoms. The van der Waals surface area contributed by atoms with Gasteiger partial charge in [0, 0.05) is 18.3 Å². The monoisotopic (exact) mass is 300 g/mol. The fourth-order valence-corrected chi connectivity index (χ4v) is 2.37. The average molecular weight is 301 g/mol. The van der Waals surface area contributed by atoms with Gasteiger partial charge in [0.05, 0.1) is 10.6 Å². The lowest BCUT2D eigenvalue weighted by molar-refractivity contribution is 0.0951. The normalized spacial score (nSPS) is 13.8. The number of anilines is 1. The fourth-order valence-electron chi connectivity index (χ4n) is 2.10. The van der Waals surface area contributed by atoms with Crippen LogP contribution in [0.5, 0.6) is 0 Å². The maximum atomic E-state index is 12.0. The summed E-state index contributed by atoms with van der Waals surface area (Å²) in [5.41, 5.74) is 2.64. The van der Waals surface area contributed by atoms with Gasteiger partial charge in [-0.25, -0.2) is 0 Å². The summed E-state index contributed by atoms with van der Waals surface area (Å²) in [6.45, 7) is 0.727. The molecule has 0 saturated heterocycles. The van der Waals surface area contributed by atoms with Gasteiger partial charge in [-0.05, 0) is 36.6 Å². The average Bonchev–Trinajstić information content (AvgIpc) is 3.30. The van der Waals surface area contributed by atoms with Crippen molar-refractivity contribution in [2.75, 3.05) is 5.32 Å². The molecule has 1 saturated carbocycles. The minimum absolute atomic E-state index is 0.0860. The summed E-state index contributed by atoms with van der Waals surface area (Å²) in [5, 5.41) is 6.73. The number of halogens is 1. The van der Waals surface area contributed by atoms with Crippen molar-refractivity contribution in [1.29, 1.82) is 0 Å². The summed E-state index contributed by atoms with van der Waals surface area (Å²) >= 11 is 6.21. The third-order valence-corrected chi connectivity index (χ3v) is 3.78. The highest BCUT2D eigenvalue weighted by molar-refractivity contribution is 6.34. The zero-order valence-corrected chi connectivity index (χ0v) is 12.4. The molecule has 2 aromatic rings. The first-order valence-corrected chi connectivity index (χ1v) is 7.48. The van der Waals surface area contributed by atoms with E-state index in [4.69, 9.17) is 11.6 Å². The van der Waals surface area contributed by atoms with E-state index in [-0.39, 0.29) is 5.91 Å². The van der Waals surface area contributed by atoms with Crippen molar-refractivity contribution in [3.05, 3.63) is 64.7 Å². The molecule has 0 bridgehead atoms. The molecule has 3 nitrogen and oxygen atoms in total. The SMILES string of the molecule is O=C(NC1CC1)c1ccc(NCc2ccccc2)cc1Cl. The number of nitrogens with one attached hydrogen (secondary N) is 2. The molecule has 4 heteroatoms. The van der Waals surface area contributed by atoms with E-state index in [1.165, 1.54) is 5.56 Å². The minimum Gasteiger partial charge on any atom is -0.381 e. The third kappa shape index (κ3) is 3.76. The standard InChI is InChI=1S/C17H17ClN2O/c18-16-10-14(19-11-12-4-2-1-3-5-12)8-9-15(16)17(21)20-13-6-7-13/h1-5,8-10,13,19H,6-7,11H2,(H,20,21). The van der Waals surface area contributed by atoms with Gasteiger partial charge in [-0.2, -0.15) is 0 Å². The van der Waals surface area contributed by atoms with Crippen LogP contribution in [-0.4, -0.2) is 11.9 Å². The summed E-state index contributed by atoms with van der Waals surface area (Å²) in [4.78, 5) is 12.0. The maximum Gasteiger partial charge on any atom is 0.253 e. The highest BCUT2D eigenvalue weighted by atomic mass is 35.5. The first kappa shape index (κ1) is 14.0. The van der Waals surface area contributed by atoms with Gasteiger partial charge in [0.2, 0.25) is 0 Å². The topological polar surface area (TPSA) is 41.1 Å². The molecule has 1 fully saturated rings. The van der Waals surface area contributed by atoms with Gasteiger partial charge in [-0.1, -0.05) is 41.9 Å². The van der Waals surface area contributed by atoms with Crippen molar-refractivity contribution in [2.45, 2.75) is 25.4 Å². The Bertz CT molecular complexity index is 638. The molecular weight excluding hydrogens is 284 g/mol. The van der Waals surface area contributed by atoms with Gasteiger partial charge >= 0.3 is 0 Å². The summed E-state index contributed by atoms with van der Waals surface area (Å²) in [6, 6.07) is 15.9. The molecule has 1 aliphatic rings. The van der Waals surface area contributed by atoms with E-state index in [1.54, 1.807) is 12.1 Å². The van der Waals surface area contributed by atoms with Crippen molar-refractivity contribution in [3.8, 4) is 0 Å². The van der Waals surface area contributed by atoms with Crippen LogP contribution in [0, 0.1) is 0 Å². The number of benzene rings is 2. The van der Waals surface area contributed by atoms with Crippen LogP contribution in [-0.2, 0) is 6.54 Å². The van der Waals surface area contributed by atoms with Crippen LogP contribution in [0.25, 0.3) is 0 Å². The molecule has 0 radical (unpaired) electrons. The van der Waals surface area contributed by atoms with Gasteiger partial charge in [0.1, 0.15) is 0 Å². The molecule has 0 unspecified atom stereocenters. The quantitative estimate of drug-likeness (QED) is 0.881. The van der Waals surface area contributed by atoms with Crippen molar-refractivity contribution < 1.29 is 4.79 Å². The molecular formula is C17H17ClN2O. The van der Waals surface area contributed by atoms with Crippen molar-refractivity contribution in [2.24, 2.45) is 0 Å². The molecule has 1 aliphatic carbocycles. The van der Waals surface area contributed by atoms with Crippen LogP contribution in [0.3, 0.4) is 0 Å². The Kier molecular flexibility index (Phi) is 4.11. The third-order valence-electron chi connectivity index (χ3n) is 3.47. The summed E-state index contributed by atoms with van der Waals surface area (Å²) in [6.07, 6.45) is 2.14. The number of hydrogen-bond acceptors (Lipinski definition) is 2. The van der Waals surface area contributed by atoms with Crippen LogP contribution >= 0.6 is 11.6 Å². The molecule has 0 heterocycles. The molecule has 0 aromatic heterocycles. The van der Waals surface area contributed by atoms with Gasteiger partial charge in [0.15, 0.2) is 0 Å². The lowest BCUT2D eigenvalue weighted by Crippen LogP contribution is -2.25. The number of rotatable bonds is 5. The van der Waals surface area contributed by atoms with E-state index in [0.717, 1.165) is 25.1 Å². The predicted octanol–water partition coefficient (Wildman–Crippen LogP) is 3.84. The van der Waals surface area contributed by atoms with Crippen LogP contribution in [0.2, 0.25) is 5.02 Å². The zero-order chi connectivity index (χ0) is 14.7. The van der Waals surface area contributed by atoms with E-state index in [2.05, 4.69) is 22.8 Å². The lowest BCUT2D eigenvalue weighted by atomic mass is 10.1. The summed E-state index contributed by atoms with van der Waals surface area (Å²) in [7, 11) is 0. The van der Waals surface area contributed by atoms with Gasteiger partial charge in [-0.15, -0.1) is 0 Å². The zero-order valence-electron chi connectivity index (χ0n) is 11.6. The number of amides is 1. The Morgan fingerprint density at radius 1 is 1.14 bits per heavy atom. The van der Waals surface area contributed by atoms with Crippen LogP contribution in [0.1, 0.15) is 28.8 Å². The van der Waals surface area contributed by atoms with E-state index in [0.29, 0.717) is 16.6 Å². The predicted molar refractivity (Wildman–Crippen MR) is 85.7 cm³/mol. The van der Waals surface area contributed by atoms with E-state index >= 15 is 0 Å². The largest absolute Gasteiger partial charge is 0.381 e. The number of carbonyl (C=O) groups is 1. The highest BCUT2D eigenvalue weighted by Gasteiger charge is 2.24. The second kappa shape index (κ2) is 6.19. The second-order valence-corrected chi connectivity index (χ2v) is 5.69. The number of hydrogen-bond donors (Lipinski definition) is 2. The summed E-state index contributed by atoms with van der Waals surface area (Å²) < 4.78 is 0. The first-order valence-electron chi connectivity index (χ1n) is 7.10. The maximum absolute atomic E-state index is 12.0. The molecule has 21 heavy (non-hydrogen) atoms. The van der Waals surface area contributed by atoms with Crippen molar-refractivity contribution in [1.82, 2.24) is 5.32 Å². The second-order valence-electron chi connectivity index (χ2n) is 5.28. The Balaban J connectivity index is 1.64. The van der Waals surface area contributed by atoms with Crippen LogP contribution < -0.4 is 10.6 Å². The Hall–Kier alpha value is -2.00. The highest BCUT2D eigenvalue weighted by Crippen LogP contribution is 2.24. The van der Waals surface area contributed by atoms with Gasteiger partial charge < -0.3 is 10.6 Å². The number of carbonyl (C=O) groups excluding carboxylic acids is 1. The summed E-state index contributed by atoms with van der Waals surface area (Å²) in [5.74, 6) is -0.0860. The Morgan fingerprint density at radius 3 is 2.57 bits per heavy atom. The van der Waals surface area contributed by atoms with Crippen LogP contribution in [0.15, 0.2) is 48.5 Å². The molecule has 1 amide bonds. The molecule has 0 aliphatic heterocycles. The molecule has 2 aromatic carbocycles. The van der Waals surface area contributed by atoms with Crippen molar-refractivity contribution in [3.63, 3.8) is 0 Å². The molecule has 108 valence electrons. The van der Waals surface area contributed by atoms with Gasteiger partial charge in [-0.3, -0.25) is 4.79 Å². The van der Waals surface area contributed by atoms with Gasteiger partial charge in [0.25, 0.3) is 5.91 Å². The Labute approximate surface area is 129 Å².